The number of sulfonamides is 1. The molecule has 3 N–H and O–H groups in total. The fourth-order valence-electron chi connectivity index (χ4n) is 2.28. The zero-order chi connectivity index (χ0) is 15.8. The minimum absolute atomic E-state index is 0.0336. The van der Waals surface area contributed by atoms with Crippen molar-refractivity contribution in [2.45, 2.75) is 23.8 Å². The van der Waals surface area contributed by atoms with Gasteiger partial charge in [-0.2, -0.15) is 4.31 Å². The Morgan fingerprint density at radius 2 is 2.05 bits per heavy atom. The van der Waals surface area contributed by atoms with Crippen LogP contribution in [0.3, 0.4) is 0 Å². The number of halogens is 1. The number of hydrogen-bond donors (Lipinski definition) is 2. The summed E-state index contributed by atoms with van der Waals surface area (Å²) >= 11 is 3.07. The summed E-state index contributed by atoms with van der Waals surface area (Å²) in [5, 5.41) is 8.89. The van der Waals surface area contributed by atoms with Gasteiger partial charge in [-0.05, 0) is 47.0 Å². The third kappa shape index (κ3) is 2.94. The van der Waals surface area contributed by atoms with Crippen molar-refractivity contribution >= 4 is 37.8 Å². The molecule has 0 aliphatic carbocycles. The Morgan fingerprint density at radius 3 is 2.57 bits per heavy atom. The van der Waals surface area contributed by atoms with E-state index in [-0.39, 0.29) is 21.5 Å². The summed E-state index contributed by atoms with van der Waals surface area (Å²) in [4.78, 5) is 22.1. The van der Waals surface area contributed by atoms with Crippen LogP contribution < -0.4 is 5.73 Å². The van der Waals surface area contributed by atoms with Crippen molar-refractivity contribution in [2.24, 2.45) is 5.73 Å². The van der Waals surface area contributed by atoms with E-state index in [2.05, 4.69) is 15.9 Å². The maximum Gasteiger partial charge on any atom is 0.335 e. The van der Waals surface area contributed by atoms with Crippen LogP contribution in [0.5, 0.6) is 0 Å². The maximum absolute atomic E-state index is 12.6. The fraction of sp³-hybridized carbons (Fsp3) is 0.333. The number of carbonyl (C=O) groups is 2. The van der Waals surface area contributed by atoms with Crippen molar-refractivity contribution in [3.05, 3.63) is 28.2 Å². The number of carboxylic acids is 1. The molecule has 1 heterocycles. The van der Waals surface area contributed by atoms with Crippen LogP contribution in [-0.2, 0) is 14.8 Å². The van der Waals surface area contributed by atoms with Gasteiger partial charge in [0.2, 0.25) is 15.9 Å². The first kappa shape index (κ1) is 15.9. The van der Waals surface area contributed by atoms with Gasteiger partial charge in [-0.1, -0.05) is 0 Å². The van der Waals surface area contributed by atoms with Crippen LogP contribution in [0.2, 0.25) is 0 Å². The van der Waals surface area contributed by atoms with E-state index in [1.165, 1.54) is 18.2 Å². The number of hydrogen-bond acceptors (Lipinski definition) is 4. The summed E-state index contributed by atoms with van der Waals surface area (Å²) in [5.74, 6) is -1.84. The molecule has 0 saturated carbocycles. The highest BCUT2D eigenvalue weighted by Gasteiger charge is 2.39. The van der Waals surface area contributed by atoms with E-state index >= 15 is 0 Å². The Hall–Kier alpha value is -1.45. The van der Waals surface area contributed by atoms with E-state index in [9.17, 15) is 18.0 Å². The molecule has 21 heavy (non-hydrogen) atoms. The lowest BCUT2D eigenvalue weighted by atomic mass is 10.2. The molecule has 0 radical (unpaired) electrons. The van der Waals surface area contributed by atoms with Gasteiger partial charge in [0.25, 0.3) is 0 Å². The first-order valence-corrected chi connectivity index (χ1v) is 8.32. The number of nitrogens with zero attached hydrogens (tertiary/aromatic N) is 1. The number of carboxylic acid groups (broad SMARTS) is 1. The van der Waals surface area contributed by atoms with Gasteiger partial charge in [-0.25, -0.2) is 13.2 Å². The van der Waals surface area contributed by atoms with Crippen molar-refractivity contribution in [3.8, 4) is 0 Å². The summed E-state index contributed by atoms with van der Waals surface area (Å²) in [7, 11) is -3.91. The van der Waals surface area contributed by atoms with Gasteiger partial charge in [0.05, 0.1) is 10.5 Å². The van der Waals surface area contributed by atoms with Gasteiger partial charge in [0.1, 0.15) is 6.04 Å². The average molecular weight is 377 g/mol. The SMILES string of the molecule is NC(=O)C1CCCN1S(=O)(=O)c1ccc(C(=O)O)cc1Br. The smallest absolute Gasteiger partial charge is 0.335 e. The molecule has 1 saturated heterocycles. The van der Waals surface area contributed by atoms with Crippen LogP contribution in [0.4, 0.5) is 0 Å². The molecule has 1 aliphatic heterocycles. The zero-order valence-corrected chi connectivity index (χ0v) is 13.2. The predicted octanol–water partition coefficient (Wildman–Crippen LogP) is 0.786. The minimum Gasteiger partial charge on any atom is -0.478 e. The highest BCUT2D eigenvalue weighted by molar-refractivity contribution is 9.10. The van der Waals surface area contributed by atoms with Gasteiger partial charge in [-0.15, -0.1) is 0 Å². The van der Waals surface area contributed by atoms with Crippen LogP contribution in [0.25, 0.3) is 0 Å². The highest BCUT2D eigenvalue weighted by Crippen LogP contribution is 2.30. The molecule has 1 atom stereocenters. The standard InChI is InChI=1S/C12H13BrN2O5S/c13-8-6-7(12(17)18)3-4-10(8)21(19,20)15-5-1-2-9(15)11(14)16/h3-4,6,9H,1-2,5H2,(H2,14,16)(H,17,18). The number of nitrogens with two attached hydrogens (primary N) is 1. The Labute approximate surface area is 129 Å². The molecule has 0 spiro atoms. The lowest BCUT2D eigenvalue weighted by Crippen LogP contribution is -2.43. The minimum atomic E-state index is -3.91. The highest BCUT2D eigenvalue weighted by atomic mass is 79.9. The number of aromatic carboxylic acids is 1. The molecule has 1 fully saturated rings. The molecule has 1 aromatic rings. The third-order valence-electron chi connectivity index (χ3n) is 3.30. The molecule has 7 nitrogen and oxygen atoms in total. The second kappa shape index (κ2) is 5.74. The first-order valence-electron chi connectivity index (χ1n) is 6.09. The topological polar surface area (TPSA) is 118 Å². The number of primary amides is 1. The van der Waals surface area contributed by atoms with E-state index < -0.39 is 27.9 Å². The van der Waals surface area contributed by atoms with E-state index in [0.717, 1.165) is 4.31 Å². The Bertz CT molecular complexity index is 704. The fourth-order valence-corrected chi connectivity index (χ4v) is 4.99. The van der Waals surface area contributed by atoms with Crippen molar-refractivity contribution in [3.63, 3.8) is 0 Å². The quantitative estimate of drug-likeness (QED) is 0.804. The van der Waals surface area contributed by atoms with Gasteiger partial charge < -0.3 is 10.8 Å². The van der Waals surface area contributed by atoms with Crippen LogP contribution in [0.15, 0.2) is 27.6 Å². The van der Waals surface area contributed by atoms with Crippen LogP contribution >= 0.6 is 15.9 Å². The molecule has 1 aliphatic rings. The molecule has 0 bridgehead atoms. The number of amides is 1. The second-order valence-electron chi connectivity index (χ2n) is 4.63. The van der Waals surface area contributed by atoms with E-state index in [1.54, 1.807) is 0 Å². The average Bonchev–Trinajstić information content (AvgIpc) is 2.88. The normalized spacial score (nSPS) is 19.6. The van der Waals surface area contributed by atoms with Crippen molar-refractivity contribution in [1.82, 2.24) is 4.31 Å². The molecule has 1 unspecified atom stereocenters. The monoisotopic (exact) mass is 376 g/mol. The summed E-state index contributed by atoms with van der Waals surface area (Å²) in [6.07, 6.45) is 0.942. The number of carbonyl (C=O) groups excluding carboxylic acids is 1. The Kier molecular flexibility index (Phi) is 4.35. The van der Waals surface area contributed by atoms with Gasteiger partial charge in [0, 0.05) is 11.0 Å². The molecule has 9 heteroatoms. The first-order chi connectivity index (χ1) is 9.75. The molecule has 1 amide bonds. The zero-order valence-electron chi connectivity index (χ0n) is 10.8. The Morgan fingerprint density at radius 1 is 1.38 bits per heavy atom. The summed E-state index contributed by atoms with van der Waals surface area (Å²) < 4.78 is 26.4. The molecule has 2 rings (SSSR count). The van der Waals surface area contributed by atoms with E-state index in [0.29, 0.717) is 12.8 Å². The molecule has 114 valence electrons. The van der Waals surface area contributed by atoms with E-state index in [1.807, 2.05) is 0 Å². The van der Waals surface area contributed by atoms with Gasteiger partial charge >= 0.3 is 5.97 Å². The lowest BCUT2D eigenvalue weighted by molar-refractivity contribution is -0.121. The maximum atomic E-state index is 12.6. The number of benzene rings is 1. The number of rotatable bonds is 4. The van der Waals surface area contributed by atoms with Crippen molar-refractivity contribution in [2.75, 3.05) is 6.54 Å². The molecular formula is C12H13BrN2O5S. The molecular weight excluding hydrogens is 364 g/mol. The molecule has 1 aromatic carbocycles. The van der Waals surface area contributed by atoms with Crippen molar-refractivity contribution < 1.29 is 23.1 Å². The summed E-state index contributed by atoms with van der Waals surface area (Å²) in [5.41, 5.74) is 5.20. The summed E-state index contributed by atoms with van der Waals surface area (Å²) in [6.45, 7) is 0.211. The predicted molar refractivity (Wildman–Crippen MR) is 77.2 cm³/mol. The van der Waals surface area contributed by atoms with Crippen LogP contribution in [-0.4, -0.2) is 42.3 Å². The second-order valence-corrected chi connectivity index (χ2v) is 7.34. The van der Waals surface area contributed by atoms with Gasteiger partial charge in [-0.3, -0.25) is 4.79 Å². The van der Waals surface area contributed by atoms with Crippen molar-refractivity contribution in [1.29, 1.82) is 0 Å². The van der Waals surface area contributed by atoms with Gasteiger partial charge in [0.15, 0.2) is 0 Å². The molecule has 0 aromatic heterocycles. The largest absolute Gasteiger partial charge is 0.478 e. The van der Waals surface area contributed by atoms with Crippen LogP contribution in [0, 0.1) is 0 Å². The Balaban J connectivity index is 2.45. The third-order valence-corrected chi connectivity index (χ3v) is 6.18. The summed E-state index contributed by atoms with van der Waals surface area (Å²) in [6, 6.07) is 2.76. The van der Waals surface area contributed by atoms with Crippen LogP contribution in [0.1, 0.15) is 23.2 Å². The van der Waals surface area contributed by atoms with E-state index in [4.69, 9.17) is 10.8 Å². The lowest BCUT2D eigenvalue weighted by Gasteiger charge is -2.22.